The SMILES string of the molecule is Cc1nc(-c2ccc(OCCC(C)(C)C)nc2)nc(N)c1C(=O)O. The summed E-state index contributed by atoms with van der Waals surface area (Å²) < 4.78 is 5.62. The van der Waals surface area contributed by atoms with Crippen molar-refractivity contribution in [1.82, 2.24) is 15.0 Å². The van der Waals surface area contributed by atoms with E-state index in [1.807, 2.05) is 0 Å². The van der Waals surface area contributed by atoms with Crippen LogP contribution in [-0.4, -0.2) is 32.6 Å². The Kier molecular flexibility index (Phi) is 5.02. The van der Waals surface area contributed by atoms with Gasteiger partial charge in [-0.05, 0) is 24.8 Å². The van der Waals surface area contributed by atoms with E-state index >= 15 is 0 Å². The minimum Gasteiger partial charge on any atom is -0.478 e. The highest BCUT2D eigenvalue weighted by atomic mass is 16.5. The second kappa shape index (κ2) is 6.82. The number of carboxylic acid groups (broad SMARTS) is 1. The Hall–Kier alpha value is -2.70. The van der Waals surface area contributed by atoms with Gasteiger partial charge in [0.2, 0.25) is 5.88 Å². The van der Waals surface area contributed by atoms with Gasteiger partial charge in [-0.15, -0.1) is 0 Å². The highest BCUT2D eigenvalue weighted by Gasteiger charge is 2.16. The van der Waals surface area contributed by atoms with Crippen LogP contribution in [0.25, 0.3) is 11.4 Å². The van der Waals surface area contributed by atoms with E-state index in [1.165, 1.54) is 0 Å². The maximum Gasteiger partial charge on any atom is 0.341 e. The Morgan fingerprint density at radius 2 is 2.00 bits per heavy atom. The van der Waals surface area contributed by atoms with Crippen LogP contribution in [-0.2, 0) is 0 Å². The zero-order valence-electron chi connectivity index (χ0n) is 14.3. The van der Waals surface area contributed by atoms with Crippen molar-refractivity contribution in [2.75, 3.05) is 12.3 Å². The number of nitrogens with zero attached hydrogens (tertiary/aromatic N) is 3. The number of hydrogen-bond donors (Lipinski definition) is 2. The highest BCUT2D eigenvalue weighted by Crippen LogP contribution is 2.22. The third kappa shape index (κ3) is 4.41. The summed E-state index contributed by atoms with van der Waals surface area (Å²) in [7, 11) is 0. The lowest BCUT2D eigenvalue weighted by atomic mass is 9.93. The molecule has 0 spiro atoms. The zero-order chi connectivity index (χ0) is 17.9. The molecular weight excluding hydrogens is 308 g/mol. The molecule has 2 aromatic heterocycles. The molecule has 0 amide bonds. The summed E-state index contributed by atoms with van der Waals surface area (Å²) in [6.07, 6.45) is 2.51. The predicted molar refractivity (Wildman–Crippen MR) is 90.9 cm³/mol. The van der Waals surface area contributed by atoms with Crippen LogP contribution in [0, 0.1) is 12.3 Å². The van der Waals surface area contributed by atoms with E-state index in [-0.39, 0.29) is 16.8 Å². The molecule has 0 saturated carbocycles. The monoisotopic (exact) mass is 330 g/mol. The van der Waals surface area contributed by atoms with Gasteiger partial charge in [0.15, 0.2) is 5.82 Å². The van der Waals surface area contributed by atoms with Crippen LogP contribution in [0.15, 0.2) is 18.3 Å². The summed E-state index contributed by atoms with van der Waals surface area (Å²) in [5.41, 5.74) is 6.81. The first-order valence-electron chi connectivity index (χ1n) is 7.64. The molecule has 0 aliphatic carbocycles. The lowest BCUT2D eigenvalue weighted by Crippen LogP contribution is -2.11. The Balaban J connectivity index is 2.15. The standard InChI is InChI=1S/C17H22N4O3/c1-10-13(16(22)23)14(18)21-15(20-10)11-5-6-12(19-9-11)24-8-7-17(2,3)4/h5-6,9H,7-8H2,1-4H3,(H,22,23)(H2,18,20,21). The summed E-state index contributed by atoms with van der Waals surface area (Å²) in [5.74, 6) is -0.341. The van der Waals surface area contributed by atoms with Crippen LogP contribution in [0.3, 0.4) is 0 Å². The van der Waals surface area contributed by atoms with E-state index in [4.69, 9.17) is 15.6 Å². The van der Waals surface area contributed by atoms with Crippen LogP contribution in [0.1, 0.15) is 43.2 Å². The number of rotatable bonds is 5. The second-order valence-corrected chi connectivity index (χ2v) is 6.74. The molecule has 24 heavy (non-hydrogen) atoms. The minimum atomic E-state index is -1.14. The van der Waals surface area contributed by atoms with E-state index in [9.17, 15) is 4.79 Å². The van der Waals surface area contributed by atoms with E-state index in [1.54, 1.807) is 25.3 Å². The average Bonchev–Trinajstić information content (AvgIpc) is 2.45. The molecule has 3 N–H and O–H groups in total. The van der Waals surface area contributed by atoms with Gasteiger partial charge < -0.3 is 15.6 Å². The molecule has 0 saturated heterocycles. The third-order valence-corrected chi connectivity index (χ3v) is 3.43. The smallest absolute Gasteiger partial charge is 0.341 e. The minimum absolute atomic E-state index is 0.0597. The number of aromatic carboxylic acids is 1. The Morgan fingerprint density at radius 1 is 1.29 bits per heavy atom. The molecule has 0 aliphatic rings. The van der Waals surface area contributed by atoms with Crippen molar-refractivity contribution in [1.29, 1.82) is 0 Å². The molecule has 0 fully saturated rings. The van der Waals surface area contributed by atoms with Gasteiger partial charge in [-0.3, -0.25) is 0 Å². The molecule has 2 rings (SSSR count). The number of hydrogen-bond acceptors (Lipinski definition) is 6. The number of ether oxygens (including phenoxy) is 1. The Labute approximate surface area is 140 Å². The van der Waals surface area contributed by atoms with Gasteiger partial charge in [-0.1, -0.05) is 20.8 Å². The van der Waals surface area contributed by atoms with Gasteiger partial charge in [0.1, 0.15) is 11.4 Å². The number of nitrogens with two attached hydrogens (primary N) is 1. The van der Waals surface area contributed by atoms with Gasteiger partial charge in [0, 0.05) is 17.8 Å². The number of aromatic nitrogens is 3. The van der Waals surface area contributed by atoms with Crippen molar-refractivity contribution in [3.05, 3.63) is 29.6 Å². The van der Waals surface area contributed by atoms with E-state index < -0.39 is 5.97 Å². The van der Waals surface area contributed by atoms with Crippen molar-refractivity contribution < 1.29 is 14.6 Å². The topological polar surface area (TPSA) is 111 Å². The molecular formula is C17H22N4O3. The Morgan fingerprint density at radius 3 is 2.50 bits per heavy atom. The van der Waals surface area contributed by atoms with Crippen LogP contribution >= 0.6 is 0 Å². The first kappa shape index (κ1) is 17.7. The summed E-state index contributed by atoms with van der Waals surface area (Å²) in [6.45, 7) is 8.63. The molecule has 0 aliphatic heterocycles. The van der Waals surface area contributed by atoms with Gasteiger partial charge >= 0.3 is 5.97 Å². The van der Waals surface area contributed by atoms with Crippen molar-refractivity contribution in [2.24, 2.45) is 5.41 Å². The normalized spacial score (nSPS) is 11.3. The molecule has 128 valence electrons. The average molecular weight is 330 g/mol. The molecule has 0 atom stereocenters. The second-order valence-electron chi connectivity index (χ2n) is 6.74. The maximum atomic E-state index is 11.1. The van der Waals surface area contributed by atoms with Crippen molar-refractivity contribution in [3.8, 4) is 17.3 Å². The third-order valence-electron chi connectivity index (χ3n) is 3.43. The molecule has 7 heteroatoms. The van der Waals surface area contributed by atoms with Crippen LogP contribution < -0.4 is 10.5 Å². The number of aryl methyl sites for hydroxylation is 1. The number of pyridine rings is 1. The molecule has 0 bridgehead atoms. The first-order chi connectivity index (χ1) is 11.2. The van der Waals surface area contributed by atoms with E-state index in [0.29, 0.717) is 29.6 Å². The largest absolute Gasteiger partial charge is 0.478 e. The van der Waals surface area contributed by atoms with Gasteiger partial charge in [-0.25, -0.2) is 19.7 Å². The summed E-state index contributed by atoms with van der Waals surface area (Å²) in [4.78, 5) is 23.6. The van der Waals surface area contributed by atoms with Crippen LogP contribution in [0.5, 0.6) is 5.88 Å². The van der Waals surface area contributed by atoms with Crippen molar-refractivity contribution >= 4 is 11.8 Å². The lowest BCUT2D eigenvalue weighted by Gasteiger charge is -2.17. The number of carbonyl (C=O) groups is 1. The van der Waals surface area contributed by atoms with E-state index in [2.05, 4.69) is 35.7 Å². The van der Waals surface area contributed by atoms with E-state index in [0.717, 1.165) is 6.42 Å². The van der Waals surface area contributed by atoms with Crippen molar-refractivity contribution in [3.63, 3.8) is 0 Å². The zero-order valence-corrected chi connectivity index (χ0v) is 14.3. The maximum absolute atomic E-state index is 11.1. The summed E-state index contributed by atoms with van der Waals surface area (Å²) in [6, 6.07) is 3.51. The fourth-order valence-electron chi connectivity index (χ4n) is 2.05. The van der Waals surface area contributed by atoms with Gasteiger partial charge in [-0.2, -0.15) is 0 Å². The van der Waals surface area contributed by atoms with Crippen LogP contribution in [0.2, 0.25) is 0 Å². The van der Waals surface area contributed by atoms with Gasteiger partial charge in [0.05, 0.1) is 12.3 Å². The fourth-order valence-corrected chi connectivity index (χ4v) is 2.05. The molecule has 0 radical (unpaired) electrons. The van der Waals surface area contributed by atoms with Crippen molar-refractivity contribution in [2.45, 2.75) is 34.1 Å². The molecule has 0 aromatic carbocycles. The predicted octanol–water partition coefficient (Wildman–Crippen LogP) is 2.94. The first-order valence-corrected chi connectivity index (χ1v) is 7.64. The highest BCUT2D eigenvalue weighted by molar-refractivity contribution is 5.94. The summed E-state index contributed by atoms with van der Waals surface area (Å²) >= 11 is 0. The fraction of sp³-hybridized carbons (Fsp3) is 0.412. The lowest BCUT2D eigenvalue weighted by molar-refractivity contribution is 0.0696. The molecule has 2 heterocycles. The number of nitrogen functional groups attached to an aromatic ring is 1. The molecule has 2 aromatic rings. The summed E-state index contributed by atoms with van der Waals surface area (Å²) in [5, 5.41) is 9.10. The quantitative estimate of drug-likeness (QED) is 0.866. The number of anilines is 1. The number of carboxylic acids is 1. The Bertz CT molecular complexity index is 713. The molecule has 0 unspecified atom stereocenters. The molecule has 7 nitrogen and oxygen atoms in total. The van der Waals surface area contributed by atoms with Gasteiger partial charge in [0.25, 0.3) is 0 Å². The van der Waals surface area contributed by atoms with Crippen LogP contribution in [0.4, 0.5) is 5.82 Å².